The zero-order valence-corrected chi connectivity index (χ0v) is 17.8. The van der Waals surface area contributed by atoms with Crippen molar-refractivity contribution in [1.29, 1.82) is 0 Å². The summed E-state index contributed by atoms with van der Waals surface area (Å²) < 4.78 is 7.77. The topological polar surface area (TPSA) is 77.4 Å². The van der Waals surface area contributed by atoms with E-state index in [2.05, 4.69) is 5.32 Å². The van der Waals surface area contributed by atoms with Crippen LogP contribution in [0.5, 0.6) is 0 Å². The van der Waals surface area contributed by atoms with E-state index >= 15 is 0 Å². The summed E-state index contributed by atoms with van der Waals surface area (Å²) in [5.74, 6) is -0.585. The number of aromatic nitrogens is 1. The van der Waals surface area contributed by atoms with Gasteiger partial charge in [0.05, 0.1) is 22.4 Å². The normalized spacial score (nSPS) is 13.3. The van der Waals surface area contributed by atoms with Crippen LogP contribution in [0.3, 0.4) is 0 Å². The molecule has 2 heterocycles. The first-order valence-corrected chi connectivity index (χ1v) is 11.4. The molecule has 1 N–H and O–H groups in total. The molecule has 6 nitrogen and oxygen atoms in total. The van der Waals surface area contributed by atoms with Gasteiger partial charge in [-0.05, 0) is 50.3 Å². The summed E-state index contributed by atoms with van der Waals surface area (Å²) in [4.78, 5) is 38.5. The first-order valence-electron chi connectivity index (χ1n) is 9.78. The fraction of sp³-hybridized carbons (Fsp3) is 0.381. The molecule has 1 aliphatic carbocycles. The lowest BCUT2D eigenvalue weighted by molar-refractivity contribution is -0.116. The maximum Gasteiger partial charge on any atom is 0.341 e. The number of fused-ring (bicyclic) bond motifs is 2. The molecule has 1 aliphatic rings. The van der Waals surface area contributed by atoms with E-state index in [1.54, 1.807) is 11.5 Å². The highest BCUT2D eigenvalue weighted by Gasteiger charge is 2.27. The Kier molecular flexibility index (Phi) is 5.82. The van der Waals surface area contributed by atoms with Gasteiger partial charge in [-0.15, -0.1) is 11.3 Å². The van der Waals surface area contributed by atoms with E-state index in [9.17, 15) is 14.4 Å². The van der Waals surface area contributed by atoms with Gasteiger partial charge in [0, 0.05) is 17.8 Å². The Hall–Kier alpha value is -2.45. The highest BCUT2D eigenvalue weighted by Crippen LogP contribution is 2.38. The number of carbonyl (C=O) groups is 2. The van der Waals surface area contributed by atoms with E-state index in [0.29, 0.717) is 23.7 Å². The van der Waals surface area contributed by atoms with E-state index in [1.807, 2.05) is 24.3 Å². The highest BCUT2D eigenvalue weighted by atomic mass is 32.1. The molecular weight excluding hydrogens is 408 g/mol. The van der Waals surface area contributed by atoms with Gasteiger partial charge in [-0.25, -0.2) is 4.79 Å². The Morgan fingerprint density at radius 1 is 1.17 bits per heavy atom. The maximum absolute atomic E-state index is 12.6. The minimum atomic E-state index is -0.373. The summed E-state index contributed by atoms with van der Waals surface area (Å²) in [5, 5.41) is 3.48. The molecule has 152 valence electrons. The molecular formula is C21H22N2O4S2. The fourth-order valence-corrected chi connectivity index (χ4v) is 5.91. The number of rotatable bonds is 6. The molecule has 8 heteroatoms. The van der Waals surface area contributed by atoms with Crippen LogP contribution in [-0.4, -0.2) is 23.1 Å². The van der Waals surface area contributed by atoms with Gasteiger partial charge in [-0.2, -0.15) is 0 Å². The zero-order valence-electron chi connectivity index (χ0n) is 16.2. The number of para-hydroxylation sites is 1. The molecule has 1 aromatic carbocycles. The molecule has 0 fully saturated rings. The smallest absolute Gasteiger partial charge is 0.341 e. The molecule has 0 saturated heterocycles. The number of amides is 1. The number of esters is 1. The second-order valence-corrected chi connectivity index (χ2v) is 9.02. The predicted octanol–water partition coefficient (Wildman–Crippen LogP) is 4.21. The van der Waals surface area contributed by atoms with Gasteiger partial charge in [-0.1, -0.05) is 23.5 Å². The Morgan fingerprint density at radius 3 is 2.79 bits per heavy atom. The van der Waals surface area contributed by atoms with E-state index in [-0.39, 0.29) is 23.2 Å². The van der Waals surface area contributed by atoms with Crippen molar-refractivity contribution in [1.82, 2.24) is 4.57 Å². The molecule has 0 atom stereocenters. The van der Waals surface area contributed by atoms with Crippen molar-refractivity contribution in [2.45, 2.75) is 45.6 Å². The third-order valence-electron chi connectivity index (χ3n) is 5.04. The quantitative estimate of drug-likeness (QED) is 0.595. The van der Waals surface area contributed by atoms with Gasteiger partial charge >= 0.3 is 10.8 Å². The molecule has 1 amide bonds. The second kappa shape index (κ2) is 8.51. The number of carbonyl (C=O) groups excluding carboxylic acids is 2. The molecule has 29 heavy (non-hydrogen) atoms. The number of nitrogens with zero attached hydrogens (tertiary/aromatic N) is 1. The average Bonchev–Trinajstić information content (AvgIpc) is 3.22. The van der Waals surface area contributed by atoms with Crippen molar-refractivity contribution in [2.24, 2.45) is 0 Å². The van der Waals surface area contributed by atoms with Crippen molar-refractivity contribution < 1.29 is 14.3 Å². The maximum atomic E-state index is 12.6. The number of ether oxygens (including phenoxy) is 1. The van der Waals surface area contributed by atoms with E-state index in [0.717, 1.165) is 46.3 Å². The molecule has 0 bridgehead atoms. The van der Waals surface area contributed by atoms with Gasteiger partial charge in [0.15, 0.2) is 0 Å². The molecule has 0 radical (unpaired) electrons. The molecule has 2 aromatic heterocycles. The molecule has 0 aliphatic heterocycles. The largest absolute Gasteiger partial charge is 0.462 e. The van der Waals surface area contributed by atoms with Crippen LogP contribution in [0.25, 0.3) is 10.2 Å². The molecule has 4 rings (SSSR count). The minimum absolute atomic E-state index is 0.0715. The van der Waals surface area contributed by atoms with Gasteiger partial charge in [0.1, 0.15) is 5.00 Å². The van der Waals surface area contributed by atoms with Crippen LogP contribution in [0.4, 0.5) is 5.00 Å². The Bertz CT molecular complexity index is 1130. The lowest BCUT2D eigenvalue weighted by Crippen LogP contribution is -2.20. The van der Waals surface area contributed by atoms with Crippen LogP contribution in [-0.2, 0) is 28.9 Å². The number of benzene rings is 1. The summed E-state index contributed by atoms with van der Waals surface area (Å²) in [5.41, 5.74) is 2.38. The van der Waals surface area contributed by atoms with Crippen LogP contribution < -0.4 is 10.2 Å². The van der Waals surface area contributed by atoms with Crippen molar-refractivity contribution >= 4 is 49.8 Å². The summed E-state index contributed by atoms with van der Waals surface area (Å²) in [6.07, 6.45) is 4.06. The number of hydrogen-bond acceptors (Lipinski definition) is 6. The third-order valence-corrected chi connectivity index (χ3v) is 7.21. The number of anilines is 1. The van der Waals surface area contributed by atoms with Crippen molar-refractivity contribution in [3.63, 3.8) is 0 Å². The minimum Gasteiger partial charge on any atom is -0.462 e. The van der Waals surface area contributed by atoms with Crippen molar-refractivity contribution in [3.8, 4) is 0 Å². The van der Waals surface area contributed by atoms with Crippen LogP contribution in [0.1, 0.15) is 47.0 Å². The summed E-state index contributed by atoms with van der Waals surface area (Å²) in [6.45, 7) is 2.37. The van der Waals surface area contributed by atoms with E-state index in [1.165, 1.54) is 22.7 Å². The highest BCUT2D eigenvalue weighted by molar-refractivity contribution is 7.17. The summed E-state index contributed by atoms with van der Waals surface area (Å²) in [7, 11) is 0. The van der Waals surface area contributed by atoms with Crippen molar-refractivity contribution in [2.75, 3.05) is 11.9 Å². The SMILES string of the molecule is CCOC(=O)c1c(NC(=O)CCn2c(=O)sc3ccccc32)sc2c1CCCC2. The molecule has 0 saturated carbocycles. The monoisotopic (exact) mass is 430 g/mol. The Morgan fingerprint density at radius 2 is 1.97 bits per heavy atom. The van der Waals surface area contributed by atoms with Crippen LogP contribution in [0, 0.1) is 0 Å². The summed E-state index contributed by atoms with van der Waals surface area (Å²) in [6, 6.07) is 7.56. The van der Waals surface area contributed by atoms with Gasteiger partial charge in [0.2, 0.25) is 5.91 Å². The average molecular weight is 431 g/mol. The number of thiazole rings is 1. The van der Waals surface area contributed by atoms with Gasteiger partial charge < -0.3 is 10.1 Å². The lowest BCUT2D eigenvalue weighted by atomic mass is 9.95. The second-order valence-electron chi connectivity index (χ2n) is 6.92. The number of hydrogen-bond donors (Lipinski definition) is 1. The first kappa shape index (κ1) is 19.8. The van der Waals surface area contributed by atoms with Crippen LogP contribution in [0.2, 0.25) is 0 Å². The number of aryl methyl sites for hydroxylation is 2. The van der Waals surface area contributed by atoms with Gasteiger partial charge in [-0.3, -0.25) is 14.2 Å². The number of nitrogens with one attached hydrogen (secondary N) is 1. The van der Waals surface area contributed by atoms with Crippen LogP contribution in [0.15, 0.2) is 29.1 Å². The van der Waals surface area contributed by atoms with Crippen LogP contribution >= 0.6 is 22.7 Å². The Labute approximate surface area is 176 Å². The molecule has 0 unspecified atom stereocenters. The fourth-order valence-electron chi connectivity index (χ4n) is 3.70. The zero-order chi connectivity index (χ0) is 20.4. The standard InChI is InChI=1S/C21H22N2O4S2/c1-2-27-20(25)18-13-7-3-5-9-15(13)28-19(18)22-17(24)11-12-23-14-8-4-6-10-16(14)29-21(23)26/h4,6,8,10H,2-3,5,7,9,11-12H2,1H3,(H,22,24). The molecule has 0 spiro atoms. The van der Waals surface area contributed by atoms with Gasteiger partial charge in [0.25, 0.3) is 0 Å². The third kappa shape index (κ3) is 4.00. The van der Waals surface area contributed by atoms with Crippen molar-refractivity contribution in [3.05, 3.63) is 49.9 Å². The molecule has 3 aromatic rings. The predicted molar refractivity (Wildman–Crippen MR) is 116 cm³/mol. The van der Waals surface area contributed by atoms with E-state index in [4.69, 9.17) is 4.74 Å². The van der Waals surface area contributed by atoms with E-state index < -0.39 is 0 Å². The summed E-state index contributed by atoms with van der Waals surface area (Å²) >= 11 is 2.66. The lowest BCUT2D eigenvalue weighted by Gasteiger charge is -2.12. The number of thiophene rings is 1. The Balaban J connectivity index is 1.52. The first-order chi connectivity index (χ1) is 14.1.